The maximum absolute atomic E-state index is 12.2. The lowest BCUT2D eigenvalue weighted by molar-refractivity contribution is -0.128. The molecule has 0 saturated heterocycles. The van der Waals surface area contributed by atoms with Gasteiger partial charge in [-0.2, -0.15) is 0 Å². The number of Topliss-reactive ketones (excluding diaryl/α,β-unsaturated/α-hetero) is 1. The molecule has 0 spiro atoms. The first-order valence-electron chi connectivity index (χ1n) is 10.0. The fraction of sp³-hybridized carbons (Fsp3) is 0.636. The number of allylic oxidation sites excluding steroid dienone is 5. The molecule has 4 nitrogen and oxygen atoms in total. The molecule has 0 aliphatic heterocycles. The molecule has 0 aromatic carbocycles. The van der Waals surface area contributed by atoms with Crippen molar-refractivity contribution in [3.05, 3.63) is 34.9 Å². The van der Waals surface area contributed by atoms with Gasteiger partial charge in [0.2, 0.25) is 11.7 Å². The van der Waals surface area contributed by atoms with Crippen molar-refractivity contribution in [2.75, 3.05) is 14.1 Å². The van der Waals surface area contributed by atoms with E-state index in [-0.39, 0.29) is 22.6 Å². The minimum atomic E-state index is -0.477. The second-order valence-electron chi connectivity index (χ2n) is 7.36. The molecule has 1 aliphatic rings. The summed E-state index contributed by atoms with van der Waals surface area (Å²) in [6, 6.07) is 0. The van der Waals surface area contributed by atoms with Crippen LogP contribution in [0, 0.1) is 5.92 Å². The highest BCUT2D eigenvalue weighted by Crippen LogP contribution is 2.31. The summed E-state index contributed by atoms with van der Waals surface area (Å²) in [4.78, 5) is 25.4. The van der Waals surface area contributed by atoms with Crippen molar-refractivity contribution in [2.24, 2.45) is 5.92 Å². The van der Waals surface area contributed by atoms with E-state index in [0.29, 0.717) is 12.0 Å². The molecule has 2 atom stereocenters. The largest absolute Gasteiger partial charge is 0.389 e. The molecule has 152 valence electrons. The van der Waals surface area contributed by atoms with E-state index in [1.54, 1.807) is 31.1 Å². The molecule has 0 aromatic heterocycles. The van der Waals surface area contributed by atoms with E-state index in [4.69, 9.17) is 11.6 Å². The van der Waals surface area contributed by atoms with Crippen molar-refractivity contribution >= 4 is 23.3 Å². The van der Waals surface area contributed by atoms with Crippen LogP contribution in [-0.2, 0) is 9.59 Å². The summed E-state index contributed by atoms with van der Waals surface area (Å²) in [6.45, 7) is 2.14. The zero-order chi connectivity index (χ0) is 20.2. The number of carbonyl (C=O) groups is 2. The van der Waals surface area contributed by atoms with Crippen molar-refractivity contribution in [1.82, 2.24) is 4.90 Å². The first-order valence-corrected chi connectivity index (χ1v) is 10.4. The highest BCUT2D eigenvalue weighted by molar-refractivity contribution is 6.46. The number of nitrogens with zero attached hydrogens (tertiary/aromatic N) is 1. The molecule has 0 fully saturated rings. The fourth-order valence-corrected chi connectivity index (χ4v) is 3.27. The zero-order valence-corrected chi connectivity index (χ0v) is 17.7. The van der Waals surface area contributed by atoms with Gasteiger partial charge in [-0.05, 0) is 25.7 Å². The second-order valence-corrected chi connectivity index (χ2v) is 7.77. The van der Waals surface area contributed by atoms with Crippen LogP contribution in [-0.4, -0.2) is 41.9 Å². The maximum Gasteiger partial charge on any atom is 0.222 e. The summed E-state index contributed by atoms with van der Waals surface area (Å²) in [5, 5.41) is 10.3. The number of halogens is 1. The number of rotatable bonds is 12. The fourth-order valence-electron chi connectivity index (χ4n) is 3.03. The van der Waals surface area contributed by atoms with Gasteiger partial charge in [0.15, 0.2) is 0 Å². The summed E-state index contributed by atoms with van der Waals surface area (Å²) >= 11 is 6.03. The van der Waals surface area contributed by atoms with E-state index in [2.05, 4.69) is 6.92 Å². The third-order valence-corrected chi connectivity index (χ3v) is 5.06. The molecule has 0 radical (unpaired) electrons. The topological polar surface area (TPSA) is 57.6 Å². The van der Waals surface area contributed by atoms with Gasteiger partial charge in [-0.15, -0.1) is 0 Å². The lowest BCUT2D eigenvalue weighted by Crippen LogP contribution is -2.20. The van der Waals surface area contributed by atoms with E-state index in [0.717, 1.165) is 51.4 Å². The predicted molar refractivity (Wildman–Crippen MR) is 112 cm³/mol. The van der Waals surface area contributed by atoms with E-state index in [9.17, 15) is 14.7 Å². The van der Waals surface area contributed by atoms with Crippen LogP contribution in [0.5, 0.6) is 0 Å². The Morgan fingerprint density at radius 2 is 2.00 bits per heavy atom. The Morgan fingerprint density at radius 3 is 2.67 bits per heavy atom. The van der Waals surface area contributed by atoms with Crippen LogP contribution >= 0.6 is 11.6 Å². The first kappa shape index (κ1) is 23.6. The van der Waals surface area contributed by atoms with Gasteiger partial charge in [0.05, 0.1) is 11.1 Å². The predicted octanol–water partition coefficient (Wildman–Crippen LogP) is 4.77. The monoisotopic (exact) mass is 395 g/mol. The quantitative estimate of drug-likeness (QED) is 0.294. The van der Waals surface area contributed by atoms with E-state index in [1.165, 1.54) is 0 Å². The number of aliphatic hydroxyl groups excluding tert-OH is 1. The van der Waals surface area contributed by atoms with Gasteiger partial charge in [-0.1, -0.05) is 68.5 Å². The average molecular weight is 396 g/mol. The van der Waals surface area contributed by atoms with Crippen LogP contribution in [0.4, 0.5) is 0 Å². The van der Waals surface area contributed by atoms with Crippen molar-refractivity contribution in [3.8, 4) is 0 Å². The number of amides is 1. The number of aliphatic hydroxyl groups is 1. The molecule has 0 aromatic rings. The van der Waals surface area contributed by atoms with E-state index in [1.807, 2.05) is 12.2 Å². The van der Waals surface area contributed by atoms with Gasteiger partial charge >= 0.3 is 0 Å². The SMILES string of the molecule is CCCCCC(O)C=CC1C=C(Cl)C(=O)C1=CCCCCCC(=O)N(C)C. The normalized spacial score (nSPS) is 19.7. The highest BCUT2D eigenvalue weighted by Gasteiger charge is 2.26. The molecule has 0 saturated carbocycles. The zero-order valence-electron chi connectivity index (χ0n) is 16.9. The molecule has 1 aliphatic carbocycles. The summed E-state index contributed by atoms with van der Waals surface area (Å²) in [6.07, 6.45) is 15.0. The summed E-state index contributed by atoms with van der Waals surface area (Å²) in [5.41, 5.74) is 0.696. The van der Waals surface area contributed by atoms with Gasteiger partial charge < -0.3 is 10.0 Å². The van der Waals surface area contributed by atoms with Gasteiger partial charge in [0.25, 0.3) is 0 Å². The van der Waals surface area contributed by atoms with Crippen LogP contribution < -0.4 is 0 Å². The standard InChI is InChI=1S/C22H34ClNO3/c1-4-5-8-11-18(25)15-14-17-16-20(23)22(27)19(17)12-9-6-7-10-13-21(26)24(2)3/h12,14-18,25H,4-11,13H2,1-3H3. The van der Waals surface area contributed by atoms with Crippen LogP contribution in [0.25, 0.3) is 0 Å². The third-order valence-electron chi connectivity index (χ3n) is 4.77. The van der Waals surface area contributed by atoms with Crippen LogP contribution in [0.2, 0.25) is 0 Å². The Kier molecular flexibility index (Phi) is 11.3. The lowest BCUT2D eigenvalue weighted by Gasteiger charge is -2.09. The summed E-state index contributed by atoms with van der Waals surface area (Å²) < 4.78 is 0. The van der Waals surface area contributed by atoms with Crippen molar-refractivity contribution in [1.29, 1.82) is 0 Å². The molecular weight excluding hydrogens is 362 g/mol. The van der Waals surface area contributed by atoms with Crippen LogP contribution in [0.3, 0.4) is 0 Å². The molecule has 5 heteroatoms. The Morgan fingerprint density at radius 1 is 1.26 bits per heavy atom. The molecule has 1 N–H and O–H groups in total. The molecule has 1 rings (SSSR count). The van der Waals surface area contributed by atoms with E-state index >= 15 is 0 Å². The molecule has 0 heterocycles. The van der Waals surface area contributed by atoms with E-state index < -0.39 is 6.10 Å². The minimum Gasteiger partial charge on any atom is -0.389 e. The van der Waals surface area contributed by atoms with Crippen molar-refractivity contribution < 1.29 is 14.7 Å². The lowest BCUT2D eigenvalue weighted by atomic mass is 9.98. The molecule has 2 unspecified atom stereocenters. The number of hydrogen-bond acceptors (Lipinski definition) is 3. The van der Waals surface area contributed by atoms with Crippen molar-refractivity contribution in [2.45, 2.75) is 70.8 Å². The minimum absolute atomic E-state index is 0.116. The number of hydrogen-bond donors (Lipinski definition) is 1. The number of ketones is 1. The van der Waals surface area contributed by atoms with Gasteiger partial charge in [0, 0.05) is 32.0 Å². The Hall–Kier alpha value is -1.39. The molecule has 0 bridgehead atoms. The third kappa shape index (κ3) is 8.89. The van der Waals surface area contributed by atoms with Gasteiger partial charge in [-0.25, -0.2) is 0 Å². The van der Waals surface area contributed by atoms with Gasteiger partial charge in [0.1, 0.15) is 0 Å². The molecular formula is C22H34ClNO3. The molecule has 27 heavy (non-hydrogen) atoms. The Labute approximate surface area is 169 Å². The van der Waals surface area contributed by atoms with Gasteiger partial charge in [-0.3, -0.25) is 9.59 Å². The maximum atomic E-state index is 12.2. The number of carbonyl (C=O) groups excluding carboxylic acids is 2. The second kappa shape index (κ2) is 12.9. The number of unbranched alkanes of at least 4 members (excludes halogenated alkanes) is 5. The summed E-state index contributed by atoms with van der Waals surface area (Å²) in [7, 11) is 3.53. The smallest absolute Gasteiger partial charge is 0.222 e. The Bertz CT molecular complexity index is 578. The van der Waals surface area contributed by atoms with Crippen LogP contribution in [0.15, 0.2) is 34.9 Å². The highest BCUT2D eigenvalue weighted by atomic mass is 35.5. The van der Waals surface area contributed by atoms with Crippen molar-refractivity contribution in [3.63, 3.8) is 0 Å². The van der Waals surface area contributed by atoms with Crippen LogP contribution in [0.1, 0.15) is 64.7 Å². The Balaban J connectivity index is 2.47. The summed E-state index contributed by atoms with van der Waals surface area (Å²) in [5.74, 6) is -0.117. The average Bonchev–Trinajstić information content (AvgIpc) is 2.90. The molecule has 1 amide bonds. The first-order chi connectivity index (χ1) is 12.9.